The first-order chi connectivity index (χ1) is 15.8. The molecule has 3 unspecified atom stereocenters. The van der Waals surface area contributed by atoms with Crippen LogP contribution in [0.1, 0.15) is 60.1 Å². The van der Waals surface area contributed by atoms with E-state index in [0.29, 0.717) is 30.3 Å². The number of piperidine rings is 1. The number of nitrogens with zero attached hydrogens (tertiary/aromatic N) is 4. The molecule has 3 atom stereocenters. The van der Waals surface area contributed by atoms with Crippen LogP contribution < -0.4 is 5.73 Å². The minimum absolute atomic E-state index is 0.216. The number of carbonyl (C=O) groups is 1. The number of pyridine rings is 1. The molecule has 1 saturated heterocycles. The second-order valence-corrected chi connectivity index (χ2v) is 11.3. The number of nitrogens with two attached hydrogens (primary N) is 1. The van der Waals surface area contributed by atoms with E-state index in [1.165, 1.54) is 49.5 Å². The topological polar surface area (TPSA) is 92.3 Å². The Bertz CT molecular complexity index is 1400. The first-order valence-electron chi connectivity index (χ1n) is 11.8. The molecule has 2 fully saturated rings. The fourth-order valence-corrected chi connectivity index (χ4v) is 7.54. The van der Waals surface area contributed by atoms with E-state index in [1.54, 1.807) is 6.33 Å². The molecular weight excluding hydrogens is 432 g/mol. The molecule has 33 heavy (non-hydrogen) atoms. The molecule has 8 heteroatoms. The zero-order valence-corrected chi connectivity index (χ0v) is 20.4. The van der Waals surface area contributed by atoms with Crippen molar-refractivity contribution in [3.63, 3.8) is 0 Å². The average molecular weight is 463 g/mol. The van der Waals surface area contributed by atoms with Gasteiger partial charge in [0, 0.05) is 34.6 Å². The number of fused-ring (bicyclic) bond motifs is 4. The Morgan fingerprint density at radius 1 is 1.30 bits per heavy atom. The van der Waals surface area contributed by atoms with E-state index in [4.69, 9.17) is 5.73 Å². The number of hydrogen-bond acceptors (Lipinski definition) is 5. The van der Waals surface area contributed by atoms with Crippen molar-refractivity contribution in [2.45, 2.75) is 58.4 Å². The first-order valence-corrected chi connectivity index (χ1v) is 12.6. The van der Waals surface area contributed by atoms with Gasteiger partial charge in [-0.1, -0.05) is 13.8 Å². The number of thiophene rings is 1. The largest absolute Gasteiger partial charge is 0.369 e. The van der Waals surface area contributed by atoms with Crippen LogP contribution in [-0.2, 0) is 4.79 Å². The summed E-state index contributed by atoms with van der Waals surface area (Å²) in [7, 11) is 0. The number of carbonyl (C=O) groups excluding carboxylic acids is 1. The van der Waals surface area contributed by atoms with Crippen LogP contribution in [-0.4, -0.2) is 49.5 Å². The van der Waals surface area contributed by atoms with Gasteiger partial charge < -0.3 is 10.7 Å². The molecule has 5 heterocycles. The van der Waals surface area contributed by atoms with Crippen LogP contribution in [0.4, 0.5) is 0 Å². The molecule has 6 rings (SSSR count). The summed E-state index contributed by atoms with van der Waals surface area (Å²) in [6, 6.07) is 2.93. The molecule has 4 aromatic rings. The summed E-state index contributed by atoms with van der Waals surface area (Å²) < 4.78 is 1.88. The van der Waals surface area contributed by atoms with E-state index in [-0.39, 0.29) is 5.91 Å². The maximum atomic E-state index is 11.4. The standard InChI is InChI=1S/C25H30N6OS/c1-12(2)22-18-7-20(17-6-16-5-15(17)8-30(16)10-21(26)32)33-25(18)29-23(22)19-9-31-24(27-11-28-31)14(4)13(19)3/h7,9,11-12,15-17,29H,5-6,8,10H2,1-4H3,(H2,26,32). The molecule has 0 aromatic carbocycles. The molecule has 2 aliphatic rings. The highest BCUT2D eigenvalue weighted by Crippen LogP contribution is 2.51. The number of nitrogens with one attached hydrogen (secondary N) is 1. The molecule has 2 bridgehead atoms. The third-order valence-corrected chi connectivity index (χ3v) is 9.08. The monoisotopic (exact) mass is 462 g/mol. The van der Waals surface area contributed by atoms with Crippen LogP contribution in [0.5, 0.6) is 0 Å². The lowest BCUT2D eigenvalue weighted by Crippen LogP contribution is -2.40. The van der Waals surface area contributed by atoms with Gasteiger partial charge in [0.2, 0.25) is 5.91 Å². The SMILES string of the molecule is Cc1c(-c2[nH]c3sc(C4CC5CC4CN5CC(N)=O)cc3c2C(C)C)cn2ncnc2c1C. The van der Waals surface area contributed by atoms with E-state index in [2.05, 4.69) is 59.9 Å². The van der Waals surface area contributed by atoms with Gasteiger partial charge in [0.15, 0.2) is 5.65 Å². The Balaban J connectivity index is 1.39. The molecule has 1 aliphatic carbocycles. The number of amides is 1. The van der Waals surface area contributed by atoms with Gasteiger partial charge in [-0.2, -0.15) is 5.10 Å². The Hall–Kier alpha value is -2.71. The van der Waals surface area contributed by atoms with Crippen molar-refractivity contribution in [3.8, 4) is 11.3 Å². The van der Waals surface area contributed by atoms with Gasteiger partial charge in [0.1, 0.15) is 11.2 Å². The van der Waals surface area contributed by atoms with Crippen molar-refractivity contribution in [2.75, 3.05) is 13.1 Å². The highest BCUT2D eigenvalue weighted by Gasteiger charge is 2.46. The second kappa shape index (κ2) is 7.40. The van der Waals surface area contributed by atoms with E-state index >= 15 is 0 Å². The first kappa shape index (κ1) is 20.9. The van der Waals surface area contributed by atoms with Crippen LogP contribution in [0.3, 0.4) is 0 Å². The van der Waals surface area contributed by atoms with Crippen molar-refractivity contribution >= 4 is 33.1 Å². The van der Waals surface area contributed by atoms with Gasteiger partial charge >= 0.3 is 0 Å². The molecule has 3 N–H and O–H groups in total. The Morgan fingerprint density at radius 3 is 2.82 bits per heavy atom. The van der Waals surface area contributed by atoms with Crippen molar-refractivity contribution in [3.05, 3.63) is 40.2 Å². The number of rotatable bonds is 5. The number of aromatic amines is 1. The lowest BCUT2D eigenvalue weighted by molar-refractivity contribution is -0.119. The van der Waals surface area contributed by atoms with Crippen LogP contribution in [0, 0.1) is 19.8 Å². The third kappa shape index (κ3) is 3.14. The normalized spacial score (nSPS) is 23.0. The number of likely N-dealkylation sites (tertiary alicyclic amines) is 1. The quantitative estimate of drug-likeness (QED) is 0.461. The minimum atomic E-state index is -0.216. The molecule has 1 saturated carbocycles. The molecular formula is C25H30N6OS. The van der Waals surface area contributed by atoms with Gasteiger partial charge in [-0.05, 0) is 67.2 Å². The lowest BCUT2D eigenvalue weighted by atomic mass is 9.91. The third-order valence-electron chi connectivity index (χ3n) is 7.90. The zero-order chi connectivity index (χ0) is 23.0. The molecule has 4 aromatic heterocycles. The van der Waals surface area contributed by atoms with E-state index in [0.717, 1.165) is 18.6 Å². The molecule has 1 amide bonds. The number of hydrogen-bond donors (Lipinski definition) is 2. The molecule has 7 nitrogen and oxygen atoms in total. The summed E-state index contributed by atoms with van der Waals surface area (Å²) in [4.78, 5) is 24.6. The van der Waals surface area contributed by atoms with Gasteiger partial charge in [-0.25, -0.2) is 9.50 Å². The van der Waals surface area contributed by atoms with Crippen molar-refractivity contribution in [2.24, 2.45) is 11.7 Å². The van der Waals surface area contributed by atoms with Gasteiger partial charge in [0.05, 0.1) is 12.2 Å². The molecule has 0 radical (unpaired) electrons. The van der Waals surface area contributed by atoms with Crippen molar-refractivity contribution in [1.29, 1.82) is 0 Å². The van der Waals surface area contributed by atoms with E-state index < -0.39 is 0 Å². The molecule has 1 aliphatic heterocycles. The second-order valence-electron chi connectivity index (χ2n) is 10.2. The number of aromatic nitrogens is 4. The summed E-state index contributed by atoms with van der Waals surface area (Å²) in [5.41, 5.74) is 12.6. The zero-order valence-electron chi connectivity index (χ0n) is 19.6. The van der Waals surface area contributed by atoms with Crippen LogP contribution in [0.2, 0.25) is 0 Å². The lowest BCUT2D eigenvalue weighted by Gasteiger charge is -2.30. The average Bonchev–Trinajstić information content (AvgIpc) is 3.54. The Morgan fingerprint density at radius 2 is 2.12 bits per heavy atom. The summed E-state index contributed by atoms with van der Waals surface area (Å²) in [6.45, 7) is 10.2. The van der Waals surface area contributed by atoms with Crippen LogP contribution >= 0.6 is 11.3 Å². The van der Waals surface area contributed by atoms with E-state index in [9.17, 15) is 4.79 Å². The minimum Gasteiger partial charge on any atom is -0.369 e. The van der Waals surface area contributed by atoms with Gasteiger partial charge in [-0.3, -0.25) is 9.69 Å². The van der Waals surface area contributed by atoms with E-state index in [1.807, 2.05) is 15.9 Å². The summed E-state index contributed by atoms with van der Waals surface area (Å²) in [6.07, 6.45) is 6.04. The van der Waals surface area contributed by atoms with Crippen molar-refractivity contribution in [1.82, 2.24) is 24.5 Å². The molecule has 172 valence electrons. The predicted octanol–water partition coefficient (Wildman–Crippen LogP) is 4.34. The summed E-state index contributed by atoms with van der Waals surface area (Å²) >= 11 is 1.91. The van der Waals surface area contributed by atoms with Crippen molar-refractivity contribution < 1.29 is 4.79 Å². The number of aryl methyl sites for hydroxylation is 1. The maximum Gasteiger partial charge on any atom is 0.231 e. The molecule has 0 spiro atoms. The highest BCUT2D eigenvalue weighted by molar-refractivity contribution is 7.18. The fraction of sp³-hybridized carbons (Fsp3) is 0.480. The van der Waals surface area contributed by atoms with Gasteiger partial charge in [-0.15, -0.1) is 11.3 Å². The van der Waals surface area contributed by atoms with Gasteiger partial charge in [0.25, 0.3) is 0 Å². The smallest absolute Gasteiger partial charge is 0.231 e. The Kier molecular flexibility index (Phi) is 4.68. The predicted molar refractivity (Wildman–Crippen MR) is 132 cm³/mol. The highest BCUT2D eigenvalue weighted by atomic mass is 32.1. The summed E-state index contributed by atoms with van der Waals surface area (Å²) in [5.74, 6) is 1.39. The van der Waals surface area contributed by atoms with Crippen LogP contribution in [0.15, 0.2) is 18.6 Å². The van der Waals surface area contributed by atoms with Crippen LogP contribution in [0.25, 0.3) is 27.1 Å². The number of H-pyrrole nitrogens is 1. The summed E-state index contributed by atoms with van der Waals surface area (Å²) in [5, 5.41) is 5.75. The Labute approximate surface area is 197 Å². The maximum absolute atomic E-state index is 11.4. The fourth-order valence-electron chi connectivity index (χ4n) is 6.26. The number of primary amides is 1.